The zero-order valence-electron chi connectivity index (χ0n) is 9.25. The van der Waals surface area contributed by atoms with Gasteiger partial charge in [0.1, 0.15) is 11.5 Å². The number of carbonyl (C=O) groups is 1. The Morgan fingerprint density at radius 2 is 2.33 bits per heavy atom. The van der Waals surface area contributed by atoms with E-state index in [-0.39, 0.29) is 5.91 Å². The molecule has 1 saturated carbocycles. The first-order valence-electron chi connectivity index (χ1n) is 5.50. The Bertz CT molecular complexity index is 356. The van der Waals surface area contributed by atoms with E-state index in [1.165, 1.54) is 6.42 Å². The summed E-state index contributed by atoms with van der Waals surface area (Å²) < 4.78 is 5.69. The fourth-order valence-corrected chi connectivity index (χ4v) is 1.81. The van der Waals surface area contributed by atoms with Crippen LogP contribution in [-0.2, 0) is 11.2 Å². The Hall–Kier alpha value is -1.25. The van der Waals surface area contributed by atoms with Crippen LogP contribution in [-0.4, -0.2) is 13.0 Å². The Balaban J connectivity index is 1.87. The summed E-state index contributed by atoms with van der Waals surface area (Å²) in [6, 6.07) is 4.04. The first-order valence-corrected chi connectivity index (χ1v) is 5.50. The Labute approximate surface area is 89.9 Å². The lowest BCUT2D eigenvalue weighted by atomic mass is 10.2. The Kier molecular flexibility index (Phi) is 2.80. The van der Waals surface area contributed by atoms with Crippen molar-refractivity contribution in [1.82, 2.24) is 5.32 Å². The van der Waals surface area contributed by atoms with Crippen LogP contribution in [0.1, 0.15) is 37.2 Å². The predicted molar refractivity (Wildman–Crippen MR) is 57.6 cm³/mol. The SMILES string of the molecule is CNC(=O)CCc1ccc([C@H]2C[C@H]2C)o1. The molecule has 1 aliphatic carbocycles. The van der Waals surface area contributed by atoms with Gasteiger partial charge in [-0.25, -0.2) is 0 Å². The molecule has 0 unspecified atom stereocenters. The summed E-state index contributed by atoms with van der Waals surface area (Å²) in [6.45, 7) is 2.23. The molecule has 0 spiro atoms. The van der Waals surface area contributed by atoms with Gasteiger partial charge in [-0.3, -0.25) is 4.79 Å². The van der Waals surface area contributed by atoms with Gasteiger partial charge in [-0.15, -0.1) is 0 Å². The van der Waals surface area contributed by atoms with Crippen molar-refractivity contribution < 1.29 is 9.21 Å². The highest BCUT2D eigenvalue weighted by Crippen LogP contribution is 2.47. The maximum absolute atomic E-state index is 11.0. The van der Waals surface area contributed by atoms with Gasteiger partial charge in [-0.05, 0) is 24.5 Å². The fourth-order valence-electron chi connectivity index (χ4n) is 1.81. The second kappa shape index (κ2) is 4.09. The minimum Gasteiger partial charge on any atom is -0.466 e. The molecule has 3 nitrogen and oxygen atoms in total. The maximum atomic E-state index is 11.0. The minimum atomic E-state index is 0.0627. The van der Waals surface area contributed by atoms with Crippen molar-refractivity contribution >= 4 is 5.91 Å². The van der Waals surface area contributed by atoms with Crippen LogP contribution in [0.3, 0.4) is 0 Å². The van der Waals surface area contributed by atoms with Crippen molar-refractivity contribution in [2.24, 2.45) is 5.92 Å². The normalized spacial score (nSPS) is 23.9. The quantitative estimate of drug-likeness (QED) is 0.821. The van der Waals surface area contributed by atoms with Gasteiger partial charge in [0.15, 0.2) is 0 Å². The van der Waals surface area contributed by atoms with Crippen molar-refractivity contribution in [2.45, 2.75) is 32.1 Å². The van der Waals surface area contributed by atoms with Gasteiger partial charge in [0, 0.05) is 25.8 Å². The Morgan fingerprint density at radius 1 is 1.60 bits per heavy atom. The van der Waals surface area contributed by atoms with E-state index in [0.717, 1.165) is 17.4 Å². The number of furan rings is 1. The first kappa shape index (κ1) is 10.3. The van der Waals surface area contributed by atoms with Crippen LogP contribution in [0.2, 0.25) is 0 Å². The fraction of sp³-hybridized carbons (Fsp3) is 0.583. The molecule has 1 N–H and O–H groups in total. The monoisotopic (exact) mass is 207 g/mol. The van der Waals surface area contributed by atoms with E-state index < -0.39 is 0 Å². The molecule has 1 heterocycles. The van der Waals surface area contributed by atoms with Crippen LogP contribution in [0.4, 0.5) is 0 Å². The summed E-state index contributed by atoms with van der Waals surface area (Å²) in [7, 11) is 1.65. The van der Waals surface area contributed by atoms with Gasteiger partial charge >= 0.3 is 0 Å². The van der Waals surface area contributed by atoms with Crippen LogP contribution in [0.25, 0.3) is 0 Å². The van der Waals surface area contributed by atoms with Crippen molar-refractivity contribution in [2.75, 3.05) is 7.05 Å². The number of amides is 1. The van der Waals surface area contributed by atoms with E-state index in [9.17, 15) is 4.79 Å². The first-order chi connectivity index (χ1) is 7.20. The zero-order chi connectivity index (χ0) is 10.8. The van der Waals surface area contributed by atoms with Gasteiger partial charge in [0.2, 0.25) is 5.91 Å². The molecule has 1 aromatic heterocycles. The van der Waals surface area contributed by atoms with Crippen LogP contribution in [0.15, 0.2) is 16.5 Å². The van der Waals surface area contributed by atoms with Crippen LogP contribution >= 0.6 is 0 Å². The van der Waals surface area contributed by atoms with Gasteiger partial charge in [0.25, 0.3) is 0 Å². The second-order valence-electron chi connectivity index (χ2n) is 4.30. The molecule has 0 saturated heterocycles. The lowest BCUT2D eigenvalue weighted by Crippen LogP contribution is -2.17. The average Bonchev–Trinajstić information content (AvgIpc) is 2.80. The summed E-state index contributed by atoms with van der Waals surface area (Å²) in [5.41, 5.74) is 0. The van der Waals surface area contributed by atoms with E-state index in [1.807, 2.05) is 12.1 Å². The number of nitrogens with one attached hydrogen (secondary N) is 1. The maximum Gasteiger partial charge on any atom is 0.220 e. The predicted octanol–water partition coefficient (Wildman–Crippen LogP) is 2.08. The van der Waals surface area contributed by atoms with E-state index >= 15 is 0 Å². The van der Waals surface area contributed by atoms with Crippen molar-refractivity contribution in [3.05, 3.63) is 23.7 Å². The smallest absolute Gasteiger partial charge is 0.220 e. The number of rotatable bonds is 4. The van der Waals surface area contributed by atoms with Crippen LogP contribution in [0.5, 0.6) is 0 Å². The standard InChI is InChI=1S/C12H17NO2/c1-8-7-10(8)11-5-3-9(15-11)4-6-12(14)13-2/h3,5,8,10H,4,6-7H2,1-2H3,(H,13,14)/t8-,10+/m1/s1. The summed E-state index contributed by atoms with van der Waals surface area (Å²) in [5, 5.41) is 2.60. The summed E-state index contributed by atoms with van der Waals surface area (Å²) >= 11 is 0. The molecule has 0 aromatic carbocycles. The molecule has 0 aliphatic heterocycles. The third kappa shape index (κ3) is 2.41. The molecule has 0 bridgehead atoms. The number of aryl methyl sites for hydroxylation is 1. The molecule has 1 fully saturated rings. The molecule has 1 amide bonds. The highest BCUT2D eigenvalue weighted by molar-refractivity contribution is 5.75. The number of hydrogen-bond acceptors (Lipinski definition) is 2. The van der Waals surface area contributed by atoms with Crippen LogP contribution < -0.4 is 5.32 Å². The van der Waals surface area contributed by atoms with Crippen LogP contribution in [0, 0.1) is 5.92 Å². The van der Waals surface area contributed by atoms with E-state index in [1.54, 1.807) is 7.05 Å². The van der Waals surface area contributed by atoms with Crippen molar-refractivity contribution in [1.29, 1.82) is 0 Å². The van der Waals surface area contributed by atoms with Gasteiger partial charge in [-0.2, -0.15) is 0 Å². The van der Waals surface area contributed by atoms with E-state index in [4.69, 9.17) is 4.42 Å². The lowest BCUT2D eigenvalue weighted by molar-refractivity contribution is -0.120. The molecule has 2 atom stereocenters. The largest absolute Gasteiger partial charge is 0.466 e. The molecular weight excluding hydrogens is 190 g/mol. The van der Waals surface area contributed by atoms with Gasteiger partial charge in [0.05, 0.1) is 0 Å². The molecule has 1 aromatic rings. The lowest BCUT2D eigenvalue weighted by Gasteiger charge is -1.97. The van der Waals surface area contributed by atoms with Gasteiger partial charge < -0.3 is 9.73 Å². The average molecular weight is 207 g/mol. The summed E-state index contributed by atoms with van der Waals surface area (Å²) in [5.74, 6) is 3.47. The highest BCUT2D eigenvalue weighted by atomic mass is 16.3. The molecule has 2 rings (SSSR count). The molecule has 3 heteroatoms. The molecule has 0 radical (unpaired) electrons. The minimum absolute atomic E-state index is 0.0627. The summed E-state index contributed by atoms with van der Waals surface area (Å²) in [6.07, 6.45) is 2.44. The second-order valence-corrected chi connectivity index (χ2v) is 4.30. The topological polar surface area (TPSA) is 42.2 Å². The van der Waals surface area contributed by atoms with Gasteiger partial charge in [-0.1, -0.05) is 6.92 Å². The molecule has 82 valence electrons. The van der Waals surface area contributed by atoms with E-state index in [0.29, 0.717) is 18.8 Å². The molecule has 1 aliphatic rings. The third-order valence-electron chi connectivity index (χ3n) is 3.03. The molecular formula is C12H17NO2. The Morgan fingerprint density at radius 3 is 2.93 bits per heavy atom. The highest BCUT2D eigenvalue weighted by Gasteiger charge is 2.36. The number of carbonyl (C=O) groups excluding carboxylic acids is 1. The van der Waals surface area contributed by atoms with E-state index in [2.05, 4.69) is 12.2 Å². The van der Waals surface area contributed by atoms with Crippen molar-refractivity contribution in [3.63, 3.8) is 0 Å². The molecule has 15 heavy (non-hydrogen) atoms. The summed E-state index contributed by atoms with van der Waals surface area (Å²) in [4.78, 5) is 11.0. The third-order valence-corrected chi connectivity index (χ3v) is 3.03. The number of hydrogen-bond donors (Lipinski definition) is 1. The zero-order valence-corrected chi connectivity index (χ0v) is 9.25. The van der Waals surface area contributed by atoms with Crippen molar-refractivity contribution in [3.8, 4) is 0 Å².